The van der Waals surface area contributed by atoms with E-state index in [2.05, 4.69) is 60.6 Å². The summed E-state index contributed by atoms with van der Waals surface area (Å²) in [6, 6.07) is 12.2. The van der Waals surface area contributed by atoms with Gasteiger partial charge in [0.15, 0.2) is 0 Å². The number of nitrogens with zero attached hydrogens (tertiary/aromatic N) is 2. The molecule has 3 saturated carbocycles. The average molecular weight is 579 g/mol. The van der Waals surface area contributed by atoms with Gasteiger partial charge in [-0.1, -0.05) is 39.0 Å². The van der Waals surface area contributed by atoms with Gasteiger partial charge in [-0.2, -0.15) is 5.06 Å². The molecule has 0 radical (unpaired) electrons. The Labute approximate surface area is 251 Å². The second-order valence-electron chi connectivity index (χ2n) is 13.6. The molecule has 1 aliphatic heterocycles. The molecular formula is C34H50N4O4. The highest BCUT2D eigenvalue weighted by Crippen LogP contribution is 2.61. The van der Waals surface area contributed by atoms with Crippen LogP contribution in [0.5, 0.6) is 5.75 Å². The number of hydrogen-bond donors (Lipinski definition) is 3. The summed E-state index contributed by atoms with van der Waals surface area (Å²) < 4.78 is 6.02. The van der Waals surface area contributed by atoms with Crippen molar-refractivity contribution in [3.8, 4) is 16.9 Å². The first-order valence-electron chi connectivity index (χ1n) is 15.5. The van der Waals surface area contributed by atoms with Crippen molar-refractivity contribution in [3.05, 3.63) is 47.5 Å². The highest BCUT2D eigenvalue weighted by molar-refractivity contribution is 5.83. The summed E-state index contributed by atoms with van der Waals surface area (Å²) >= 11 is 0. The van der Waals surface area contributed by atoms with E-state index in [-0.39, 0.29) is 17.9 Å². The minimum Gasteiger partial charge on any atom is -0.496 e. The molecule has 1 saturated heterocycles. The zero-order valence-electron chi connectivity index (χ0n) is 26.6. The molecule has 2 aromatic carbocycles. The predicted octanol–water partition coefficient (Wildman–Crippen LogP) is 4.45. The lowest BCUT2D eigenvalue weighted by Crippen LogP contribution is -2.62. The summed E-state index contributed by atoms with van der Waals surface area (Å²) in [5, 5.41) is 19.1. The number of carbonyl (C=O) groups is 1. The van der Waals surface area contributed by atoms with E-state index in [1.165, 1.54) is 12.0 Å². The number of methoxy groups -OCH3 is 1. The summed E-state index contributed by atoms with van der Waals surface area (Å²) in [4.78, 5) is 22.2. The SMILES string of the molecule is CNCc1cc(-c2cccc(CN3OC[C@@H]([C@H](C)O)[C@H]3C(=O)N[C@H]3C[C@H]4C[C@@H]([C@@H]3C)C4(C)C)c2OC)cc(N(C)C)c1. The monoisotopic (exact) mass is 578 g/mol. The van der Waals surface area contributed by atoms with Gasteiger partial charge in [-0.25, -0.2) is 0 Å². The largest absolute Gasteiger partial charge is 0.496 e. The van der Waals surface area contributed by atoms with Gasteiger partial charge in [0.05, 0.1) is 26.4 Å². The topological polar surface area (TPSA) is 86.3 Å². The Morgan fingerprint density at radius 2 is 2.00 bits per heavy atom. The third-order valence-corrected chi connectivity index (χ3v) is 10.5. The fraction of sp³-hybridized carbons (Fsp3) is 0.618. The fourth-order valence-corrected chi connectivity index (χ4v) is 7.79. The average Bonchev–Trinajstić information content (AvgIpc) is 3.37. The molecule has 0 aromatic heterocycles. The number of carbonyl (C=O) groups excluding carboxylic acids is 1. The molecule has 4 fully saturated rings. The lowest BCUT2D eigenvalue weighted by Gasteiger charge is -2.62. The van der Waals surface area contributed by atoms with Crippen LogP contribution in [0, 0.1) is 29.1 Å². The van der Waals surface area contributed by atoms with Crippen LogP contribution >= 0.6 is 0 Å². The van der Waals surface area contributed by atoms with Crippen LogP contribution in [0.4, 0.5) is 5.69 Å². The molecule has 7 atom stereocenters. The maximum Gasteiger partial charge on any atom is 0.240 e. The van der Waals surface area contributed by atoms with Gasteiger partial charge >= 0.3 is 0 Å². The molecule has 8 heteroatoms. The van der Waals surface area contributed by atoms with E-state index in [9.17, 15) is 9.90 Å². The highest BCUT2D eigenvalue weighted by atomic mass is 16.7. The van der Waals surface area contributed by atoms with Gasteiger partial charge in [-0.05, 0) is 79.3 Å². The summed E-state index contributed by atoms with van der Waals surface area (Å²) in [7, 11) is 7.73. The van der Waals surface area contributed by atoms with Gasteiger partial charge in [-0.15, -0.1) is 0 Å². The lowest BCUT2D eigenvalue weighted by molar-refractivity contribution is -0.161. The fourth-order valence-electron chi connectivity index (χ4n) is 7.79. The van der Waals surface area contributed by atoms with E-state index < -0.39 is 12.1 Å². The van der Waals surface area contributed by atoms with E-state index >= 15 is 0 Å². The molecule has 0 spiro atoms. The van der Waals surface area contributed by atoms with Gasteiger partial charge in [0.1, 0.15) is 11.8 Å². The van der Waals surface area contributed by atoms with Crippen LogP contribution in [0.3, 0.4) is 0 Å². The number of fused-ring (bicyclic) bond motifs is 2. The summed E-state index contributed by atoms with van der Waals surface area (Å²) in [6.45, 7) is 10.2. The number of para-hydroxylation sites is 1. The van der Waals surface area contributed by atoms with Crippen molar-refractivity contribution in [1.82, 2.24) is 15.7 Å². The molecule has 1 heterocycles. The number of ether oxygens (including phenoxy) is 1. The van der Waals surface area contributed by atoms with Crippen LogP contribution in [0.15, 0.2) is 36.4 Å². The normalized spacial score (nSPS) is 29.1. The van der Waals surface area contributed by atoms with Gasteiger partial charge in [0.25, 0.3) is 0 Å². The quantitative estimate of drug-likeness (QED) is 0.384. The number of rotatable bonds is 10. The maximum absolute atomic E-state index is 13.9. The first kappa shape index (κ1) is 30.8. The number of benzene rings is 2. The van der Waals surface area contributed by atoms with Crippen molar-refractivity contribution in [2.45, 2.75) is 71.8 Å². The van der Waals surface area contributed by atoms with Crippen LogP contribution < -0.4 is 20.3 Å². The third-order valence-electron chi connectivity index (χ3n) is 10.5. The number of aliphatic hydroxyl groups is 1. The summed E-state index contributed by atoms with van der Waals surface area (Å²) in [6.07, 6.45) is 1.61. The smallest absolute Gasteiger partial charge is 0.240 e. The second kappa shape index (κ2) is 12.2. The van der Waals surface area contributed by atoms with E-state index in [1.807, 2.05) is 33.3 Å². The van der Waals surface area contributed by atoms with Crippen molar-refractivity contribution in [2.75, 3.05) is 39.8 Å². The number of hydrogen-bond acceptors (Lipinski definition) is 7. The summed E-state index contributed by atoms with van der Waals surface area (Å²) in [5.41, 5.74) is 5.63. The Morgan fingerprint density at radius 1 is 1.24 bits per heavy atom. The molecule has 2 aromatic rings. The van der Waals surface area contributed by atoms with Crippen molar-refractivity contribution in [1.29, 1.82) is 0 Å². The molecule has 1 amide bonds. The number of amides is 1. The van der Waals surface area contributed by atoms with Crippen LogP contribution in [0.25, 0.3) is 11.1 Å². The van der Waals surface area contributed by atoms with E-state index in [0.717, 1.165) is 41.1 Å². The molecule has 8 nitrogen and oxygen atoms in total. The second-order valence-corrected chi connectivity index (χ2v) is 13.6. The zero-order chi connectivity index (χ0) is 30.3. The molecule has 0 unspecified atom stereocenters. The van der Waals surface area contributed by atoms with Crippen LogP contribution in [0.1, 0.15) is 51.7 Å². The molecule has 4 aliphatic rings. The number of anilines is 1. The predicted molar refractivity (Wildman–Crippen MR) is 167 cm³/mol. The van der Waals surface area contributed by atoms with Gasteiger partial charge in [0.2, 0.25) is 5.91 Å². The zero-order valence-corrected chi connectivity index (χ0v) is 26.6. The Kier molecular flexibility index (Phi) is 8.91. The third kappa shape index (κ3) is 5.66. The maximum atomic E-state index is 13.9. The molecule has 3 N–H and O–H groups in total. The first-order chi connectivity index (χ1) is 20.0. The summed E-state index contributed by atoms with van der Waals surface area (Å²) in [5.74, 6) is 2.10. The molecule has 2 bridgehead atoms. The Balaban J connectivity index is 1.40. The molecule has 3 aliphatic carbocycles. The molecule has 230 valence electrons. The molecule has 42 heavy (non-hydrogen) atoms. The van der Waals surface area contributed by atoms with Crippen molar-refractivity contribution >= 4 is 11.6 Å². The lowest BCUT2D eigenvalue weighted by atomic mass is 9.45. The number of hydroxylamine groups is 2. The molecular weight excluding hydrogens is 528 g/mol. The van der Waals surface area contributed by atoms with Crippen LogP contribution in [0.2, 0.25) is 0 Å². The minimum absolute atomic E-state index is 0.0557. The van der Waals surface area contributed by atoms with Crippen molar-refractivity contribution in [3.63, 3.8) is 0 Å². The Bertz CT molecular complexity index is 1280. The Morgan fingerprint density at radius 3 is 2.62 bits per heavy atom. The number of aliphatic hydroxyl groups excluding tert-OH is 1. The van der Waals surface area contributed by atoms with E-state index in [4.69, 9.17) is 9.57 Å². The van der Waals surface area contributed by atoms with Gasteiger partial charge < -0.3 is 25.4 Å². The van der Waals surface area contributed by atoms with Crippen LogP contribution in [-0.2, 0) is 22.7 Å². The van der Waals surface area contributed by atoms with E-state index in [1.54, 1.807) is 19.1 Å². The van der Waals surface area contributed by atoms with Gasteiger partial charge in [0, 0.05) is 49.4 Å². The molecule has 6 rings (SSSR count). The number of nitrogens with one attached hydrogen (secondary N) is 2. The first-order valence-corrected chi connectivity index (χ1v) is 15.5. The Hall–Kier alpha value is -2.65. The minimum atomic E-state index is -0.672. The van der Waals surface area contributed by atoms with Crippen molar-refractivity contribution < 1.29 is 19.5 Å². The van der Waals surface area contributed by atoms with Gasteiger partial charge in [-0.3, -0.25) is 9.63 Å². The van der Waals surface area contributed by atoms with E-state index in [0.29, 0.717) is 36.3 Å². The van der Waals surface area contributed by atoms with Crippen molar-refractivity contribution in [2.24, 2.45) is 29.1 Å². The van der Waals surface area contributed by atoms with Crippen LogP contribution in [-0.4, -0.2) is 69.1 Å². The standard InChI is InChI=1S/C34H50N4O4/c1-20-29-15-25(34(29,3)4)16-30(20)36-33(40)31-28(21(2)39)19-42-38(31)18-23-10-9-11-27(32(23)41-8)24-12-22(17-35-5)13-26(14-24)37(6)7/h9-14,20-21,25,28-31,35,39H,15-19H2,1-8H3,(H,36,40)/t20-,21-,25+,28-,29-,30-,31-/m0/s1. The highest BCUT2D eigenvalue weighted by Gasteiger charge is 2.57.